The Morgan fingerprint density at radius 2 is 1.92 bits per heavy atom. The summed E-state index contributed by atoms with van der Waals surface area (Å²) < 4.78 is 2.16. The van der Waals surface area contributed by atoms with Crippen molar-refractivity contribution in [3.63, 3.8) is 0 Å². The van der Waals surface area contributed by atoms with E-state index < -0.39 is 0 Å². The lowest BCUT2D eigenvalue weighted by atomic mass is 10.2. The largest absolute Gasteiger partial charge is 0.299 e. The molecule has 1 aromatic carbocycles. The normalized spacial score (nSPS) is 11.4. The van der Waals surface area contributed by atoms with Crippen molar-refractivity contribution in [2.75, 3.05) is 0 Å². The highest BCUT2D eigenvalue weighted by atomic mass is 35.5. The van der Waals surface area contributed by atoms with Crippen molar-refractivity contribution < 1.29 is 0 Å². The van der Waals surface area contributed by atoms with Crippen molar-refractivity contribution in [3.8, 4) is 11.4 Å². The molecule has 0 aliphatic heterocycles. The van der Waals surface area contributed by atoms with Crippen LogP contribution in [0.3, 0.4) is 0 Å². The Bertz CT molecular complexity index is 835. The number of thiophene rings is 1. The molecule has 24 heavy (non-hydrogen) atoms. The second-order valence-corrected chi connectivity index (χ2v) is 8.58. The first-order valence-corrected chi connectivity index (χ1v) is 10.2. The molecule has 2 heterocycles. The molecule has 0 fully saturated rings. The van der Waals surface area contributed by atoms with E-state index in [2.05, 4.69) is 47.0 Å². The van der Waals surface area contributed by atoms with Crippen LogP contribution in [-0.2, 0) is 5.75 Å². The first-order valence-electron chi connectivity index (χ1n) is 7.53. The van der Waals surface area contributed by atoms with Crippen molar-refractivity contribution in [1.29, 1.82) is 0 Å². The molecule has 3 aromatic rings. The fourth-order valence-electron chi connectivity index (χ4n) is 2.41. The number of rotatable bonds is 5. The van der Waals surface area contributed by atoms with E-state index >= 15 is 0 Å². The number of hydrogen-bond donors (Lipinski definition) is 0. The Labute approximate surface area is 160 Å². The molecule has 0 aliphatic rings. The second-order valence-electron chi connectivity index (χ2n) is 5.70. The van der Waals surface area contributed by atoms with E-state index in [9.17, 15) is 0 Å². The molecule has 0 radical (unpaired) electrons. The van der Waals surface area contributed by atoms with Crippen LogP contribution in [0, 0.1) is 6.92 Å². The van der Waals surface area contributed by atoms with Gasteiger partial charge in [0.25, 0.3) is 0 Å². The molecule has 0 atom stereocenters. The Balaban J connectivity index is 1.90. The summed E-state index contributed by atoms with van der Waals surface area (Å²) in [6, 6.07) is 7.98. The molecule has 0 amide bonds. The molecule has 0 bridgehead atoms. The maximum Gasteiger partial charge on any atom is 0.192 e. The molecule has 3 nitrogen and oxygen atoms in total. The fourth-order valence-corrected chi connectivity index (χ4v) is 4.90. The van der Waals surface area contributed by atoms with E-state index in [0.29, 0.717) is 15.8 Å². The molecule has 0 spiro atoms. The summed E-state index contributed by atoms with van der Waals surface area (Å²) in [6.07, 6.45) is 0. The topological polar surface area (TPSA) is 30.7 Å². The highest BCUT2D eigenvalue weighted by molar-refractivity contribution is 7.98. The lowest BCUT2D eigenvalue weighted by Crippen LogP contribution is -2.05. The van der Waals surface area contributed by atoms with Crippen LogP contribution in [0.15, 0.2) is 34.8 Å². The van der Waals surface area contributed by atoms with Crippen LogP contribution >= 0.6 is 46.3 Å². The predicted octanol–water partition coefficient (Wildman–Crippen LogP) is 6.50. The molecule has 0 saturated heterocycles. The number of thioether (sulfide) groups is 1. The van der Waals surface area contributed by atoms with Crippen molar-refractivity contribution in [1.82, 2.24) is 14.8 Å². The predicted molar refractivity (Wildman–Crippen MR) is 104 cm³/mol. The molecule has 3 rings (SSSR count). The van der Waals surface area contributed by atoms with Crippen LogP contribution in [0.25, 0.3) is 11.4 Å². The lowest BCUT2D eigenvalue weighted by molar-refractivity contribution is 0.555. The minimum atomic E-state index is 0.263. The van der Waals surface area contributed by atoms with Crippen LogP contribution in [-0.4, -0.2) is 14.8 Å². The first-order chi connectivity index (χ1) is 11.5. The zero-order chi connectivity index (χ0) is 17.3. The summed E-state index contributed by atoms with van der Waals surface area (Å²) in [5.74, 6) is 1.56. The van der Waals surface area contributed by atoms with Crippen LogP contribution in [0.5, 0.6) is 0 Å². The smallest absolute Gasteiger partial charge is 0.192 e. The fraction of sp³-hybridized carbons (Fsp3) is 0.294. The number of aromatic nitrogens is 3. The minimum absolute atomic E-state index is 0.263. The third-order valence-electron chi connectivity index (χ3n) is 3.58. The van der Waals surface area contributed by atoms with E-state index in [1.165, 1.54) is 4.88 Å². The average Bonchev–Trinajstić information content (AvgIpc) is 3.12. The van der Waals surface area contributed by atoms with Gasteiger partial charge < -0.3 is 0 Å². The molecule has 0 unspecified atom stereocenters. The number of hydrogen-bond acceptors (Lipinski definition) is 4. The van der Waals surface area contributed by atoms with E-state index in [-0.39, 0.29) is 6.04 Å². The number of aryl methyl sites for hydroxylation is 1. The molecule has 0 N–H and O–H groups in total. The van der Waals surface area contributed by atoms with E-state index in [1.807, 2.05) is 18.2 Å². The summed E-state index contributed by atoms with van der Waals surface area (Å²) >= 11 is 15.8. The van der Waals surface area contributed by atoms with Gasteiger partial charge in [-0.1, -0.05) is 41.0 Å². The number of nitrogens with zero attached hydrogens (tertiary/aromatic N) is 3. The van der Waals surface area contributed by atoms with Gasteiger partial charge in [-0.25, -0.2) is 0 Å². The summed E-state index contributed by atoms with van der Waals surface area (Å²) in [5, 5.41) is 13.2. The summed E-state index contributed by atoms with van der Waals surface area (Å²) in [7, 11) is 0. The SMILES string of the molecule is Cc1cc(-c2nnc(SCc3c(Cl)cccc3Cl)n2C(C)C)cs1. The van der Waals surface area contributed by atoms with Crippen molar-refractivity contribution in [2.45, 2.75) is 37.7 Å². The Hall–Kier alpha value is -1.01. The van der Waals surface area contributed by atoms with E-state index in [0.717, 1.165) is 22.1 Å². The molecule has 0 saturated carbocycles. The van der Waals surface area contributed by atoms with Crippen LogP contribution in [0.1, 0.15) is 30.3 Å². The van der Waals surface area contributed by atoms with Crippen LogP contribution in [0.2, 0.25) is 10.0 Å². The third kappa shape index (κ3) is 3.64. The number of benzene rings is 1. The molecular weight excluding hydrogens is 381 g/mol. The van der Waals surface area contributed by atoms with E-state index in [4.69, 9.17) is 23.2 Å². The molecule has 126 valence electrons. The van der Waals surface area contributed by atoms with Gasteiger partial charge in [-0.3, -0.25) is 4.57 Å². The van der Waals surface area contributed by atoms with E-state index in [1.54, 1.807) is 23.1 Å². The van der Waals surface area contributed by atoms with Crippen molar-refractivity contribution in [3.05, 3.63) is 50.1 Å². The van der Waals surface area contributed by atoms with Gasteiger partial charge in [0, 0.05) is 37.7 Å². The van der Waals surface area contributed by atoms with Gasteiger partial charge >= 0.3 is 0 Å². The summed E-state index contributed by atoms with van der Waals surface area (Å²) in [4.78, 5) is 1.26. The van der Waals surface area contributed by atoms with Gasteiger partial charge in [0.2, 0.25) is 0 Å². The monoisotopic (exact) mass is 397 g/mol. The molecule has 7 heteroatoms. The highest BCUT2D eigenvalue weighted by Gasteiger charge is 2.18. The van der Waals surface area contributed by atoms with Gasteiger partial charge in [0.1, 0.15) is 0 Å². The van der Waals surface area contributed by atoms with Crippen LogP contribution < -0.4 is 0 Å². The number of halogens is 2. The molecule has 0 aliphatic carbocycles. The van der Waals surface area contributed by atoms with Crippen molar-refractivity contribution in [2.24, 2.45) is 0 Å². The van der Waals surface area contributed by atoms with Gasteiger partial charge in [0.15, 0.2) is 11.0 Å². The summed E-state index contributed by atoms with van der Waals surface area (Å²) in [5.41, 5.74) is 2.04. The maximum absolute atomic E-state index is 6.26. The van der Waals surface area contributed by atoms with Gasteiger partial charge in [0.05, 0.1) is 0 Å². The highest BCUT2D eigenvalue weighted by Crippen LogP contribution is 2.34. The molecule has 2 aromatic heterocycles. The molecular formula is C17H17Cl2N3S2. The Kier molecular flexibility index (Phi) is 5.55. The first kappa shape index (κ1) is 17.8. The van der Waals surface area contributed by atoms with Gasteiger partial charge in [-0.05, 0) is 44.5 Å². The zero-order valence-corrected chi connectivity index (χ0v) is 16.7. The second kappa shape index (κ2) is 7.48. The summed E-state index contributed by atoms with van der Waals surface area (Å²) in [6.45, 7) is 6.37. The lowest BCUT2D eigenvalue weighted by Gasteiger charge is -2.13. The zero-order valence-electron chi connectivity index (χ0n) is 13.6. The maximum atomic E-state index is 6.26. The average molecular weight is 398 g/mol. The third-order valence-corrected chi connectivity index (χ3v) is 6.12. The standard InChI is InChI=1S/C17H17Cl2N3S2/c1-10(2)22-16(12-7-11(3)23-8-12)20-21-17(22)24-9-13-14(18)5-4-6-15(13)19/h4-8,10H,9H2,1-3H3. The van der Waals surface area contributed by atoms with Crippen molar-refractivity contribution >= 4 is 46.3 Å². The minimum Gasteiger partial charge on any atom is -0.299 e. The quantitative estimate of drug-likeness (QED) is 0.460. The van der Waals surface area contributed by atoms with Gasteiger partial charge in [-0.15, -0.1) is 21.5 Å². The van der Waals surface area contributed by atoms with Gasteiger partial charge in [-0.2, -0.15) is 0 Å². The Morgan fingerprint density at radius 3 is 2.50 bits per heavy atom. The Morgan fingerprint density at radius 1 is 1.21 bits per heavy atom. The van der Waals surface area contributed by atoms with Crippen LogP contribution in [0.4, 0.5) is 0 Å².